The first kappa shape index (κ1) is 17.6. The zero-order valence-electron chi connectivity index (χ0n) is 16.0. The maximum Gasteiger partial charge on any atom is 0.194 e. The van der Waals surface area contributed by atoms with Crippen LogP contribution in [0.1, 0.15) is 58.3 Å². The second kappa shape index (κ2) is 7.83. The molecule has 0 aromatic carbocycles. The predicted molar refractivity (Wildman–Crippen MR) is 102 cm³/mol. The average molecular weight is 349 g/mol. The third-order valence-electron chi connectivity index (χ3n) is 6.89. The van der Waals surface area contributed by atoms with Crippen LogP contribution < -0.4 is 5.32 Å². The summed E-state index contributed by atoms with van der Waals surface area (Å²) in [6.45, 7) is 9.53. The van der Waals surface area contributed by atoms with E-state index in [4.69, 9.17) is 9.73 Å². The van der Waals surface area contributed by atoms with Gasteiger partial charge in [0.1, 0.15) is 0 Å². The Hall–Kier alpha value is -0.810. The van der Waals surface area contributed by atoms with E-state index in [1.807, 2.05) is 0 Å². The van der Waals surface area contributed by atoms with E-state index in [-0.39, 0.29) is 6.10 Å². The van der Waals surface area contributed by atoms with Crippen LogP contribution in [0.4, 0.5) is 0 Å². The molecule has 4 aliphatic rings. The number of aliphatic imine (C=N–C) groups is 1. The number of guanidine groups is 1. The summed E-state index contributed by atoms with van der Waals surface area (Å²) in [5, 5.41) is 3.54. The summed E-state index contributed by atoms with van der Waals surface area (Å²) >= 11 is 0. The Bertz CT molecular complexity index is 474. The van der Waals surface area contributed by atoms with Crippen molar-refractivity contribution in [3.63, 3.8) is 0 Å². The minimum Gasteiger partial charge on any atom is -0.373 e. The molecule has 1 N–H and O–H groups in total. The van der Waals surface area contributed by atoms with Crippen LogP contribution in [-0.2, 0) is 4.74 Å². The molecule has 1 aliphatic carbocycles. The fraction of sp³-hybridized carbons (Fsp3) is 0.950. The molecule has 1 saturated carbocycles. The second-order valence-electron chi connectivity index (χ2n) is 8.67. The van der Waals surface area contributed by atoms with Crippen molar-refractivity contribution in [2.24, 2.45) is 10.4 Å². The van der Waals surface area contributed by atoms with Gasteiger partial charge in [0.2, 0.25) is 0 Å². The monoisotopic (exact) mass is 348 g/mol. The Balaban J connectivity index is 1.35. The Morgan fingerprint density at radius 1 is 1.16 bits per heavy atom. The fourth-order valence-corrected chi connectivity index (χ4v) is 5.44. The van der Waals surface area contributed by atoms with Crippen molar-refractivity contribution < 1.29 is 4.74 Å². The Kier molecular flexibility index (Phi) is 5.51. The lowest BCUT2D eigenvalue weighted by Gasteiger charge is -2.35. The lowest BCUT2D eigenvalue weighted by atomic mass is 9.73. The Labute approximate surface area is 153 Å². The number of hydrogen-bond donors (Lipinski definition) is 1. The first-order valence-electron chi connectivity index (χ1n) is 10.7. The third kappa shape index (κ3) is 3.97. The molecule has 25 heavy (non-hydrogen) atoms. The second-order valence-corrected chi connectivity index (χ2v) is 8.67. The summed E-state index contributed by atoms with van der Waals surface area (Å²) < 4.78 is 6.10. The summed E-state index contributed by atoms with van der Waals surface area (Å²) in [6.07, 6.45) is 11.4. The molecule has 1 spiro atoms. The highest BCUT2D eigenvalue weighted by Gasteiger charge is 2.40. The summed E-state index contributed by atoms with van der Waals surface area (Å²) in [7, 11) is 0. The van der Waals surface area contributed by atoms with Crippen LogP contribution in [0, 0.1) is 5.41 Å². The average Bonchev–Trinajstić information content (AvgIpc) is 3.26. The molecule has 3 aliphatic heterocycles. The highest BCUT2D eigenvalue weighted by atomic mass is 16.5. The van der Waals surface area contributed by atoms with Crippen LogP contribution in [0.5, 0.6) is 0 Å². The van der Waals surface area contributed by atoms with Crippen molar-refractivity contribution >= 4 is 5.96 Å². The number of fused-ring (bicyclic) bond motifs is 1. The van der Waals surface area contributed by atoms with E-state index in [1.54, 1.807) is 0 Å². The van der Waals surface area contributed by atoms with Gasteiger partial charge >= 0.3 is 0 Å². The van der Waals surface area contributed by atoms with Gasteiger partial charge in [-0.1, -0.05) is 19.3 Å². The molecule has 4 rings (SSSR count). The highest BCUT2D eigenvalue weighted by molar-refractivity contribution is 5.80. The largest absolute Gasteiger partial charge is 0.373 e. The van der Waals surface area contributed by atoms with Crippen LogP contribution in [0.15, 0.2) is 4.99 Å². The van der Waals surface area contributed by atoms with E-state index < -0.39 is 0 Å². The Morgan fingerprint density at radius 3 is 2.88 bits per heavy atom. The molecular formula is C20H36N4O. The van der Waals surface area contributed by atoms with Crippen molar-refractivity contribution in [3.05, 3.63) is 0 Å². The number of nitrogens with one attached hydrogen (secondary N) is 1. The lowest BCUT2D eigenvalue weighted by molar-refractivity contribution is -0.0432. The predicted octanol–water partition coefficient (Wildman–Crippen LogP) is 2.47. The topological polar surface area (TPSA) is 40.1 Å². The first-order valence-corrected chi connectivity index (χ1v) is 10.7. The SMILES string of the molecule is CCNC(=NCC1CN2CCCC2CO1)N1CCC2(CCCCC2)C1. The maximum absolute atomic E-state index is 6.10. The van der Waals surface area contributed by atoms with Gasteiger partial charge in [0.05, 0.1) is 19.3 Å². The number of likely N-dealkylation sites (tertiary alicyclic amines) is 1. The normalized spacial score (nSPS) is 33.0. The zero-order chi connectivity index (χ0) is 17.1. The molecule has 2 unspecified atom stereocenters. The van der Waals surface area contributed by atoms with Crippen molar-refractivity contribution in [1.82, 2.24) is 15.1 Å². The van der Waals surface area contributed by atoms with Crippen molar-refractivity contribution in [2.45, 2.75) is 70.4 Å². The molecule has 4 fully saturated rings. The molecule has 3 heterocycles. The molecule has 5 heteroatoms. The molecule has 0 bridgehead atoms. The standard InChI is InChI=1S/C20H36N4O/c1-2-21-19(24-12-10-20(16-24)8-4-3-5-9-20)22-13-18-14-23-11-6-7-17(23)15-25-18/h17-18H,2-16H2,1H3,(H,21,22). The molecule has 0 radical (unpaired) electrons. The number of morpholine rings is 1. The van der Waals surface area contributed by atoms with Crippen LogP contribution in [0.25, 0.3) is 0 Å². The van der Waals surface area contributed by atoms with Gasteiger partial charge in [-0.25, -0.2) is 0 Å². The van der Waals surface area contributed by atoms with E-state index in [1.165, 1.54) is 71.0 Å². The summed E-state index contributed by atoms with van der Waals surface area (Å²) in [5.74, 6) is 1.12. The first-order chi connectivity index (χ1) is 12.3. The van der Waals surface area contributed by atoms with Crippen LogP contribution in [0.3, 0.4) is 0 Å². The molecule has 0 amide bonds. The van der Waals surface area contributed by atoms with Gasteiger partial charge in [0, 0.05) is 32.2 Å². The number of ether oxygens (including phenoxy) is 1. The molecule has 5 nitrogen and oxygen atoms in total. The van der Waals surface area contributed by atoms with Crippen LogP contribution >= 0.6 is 0 Å². The van der Waals surface area contributed by atoms with Crippen molar-refractivity contribution in [1.29, 1.82) is 0 Å². The van der Waals surface area contributed by atoms with Gasteiger partial charge in [0.25, 0.3) is 0 Å². The minimum absolute atomic E-state index is 0.272. The number of hydrogen-bond acceptors (Lipinski definition) is 3. The van der Waals surface area contributed by atoms with E-state index in [2.05, 4.69) is 22.0 Å². The number of rotatable bonds is 3. The quantitative estimate of drug-likeness (QED) is 0.628. The Morgan fingerprint density at radius 2 is 2.04 bits per heavy atom. The van der Waals surface area contributed by atoms with E-state index in [9.17, 15) is 0 Å². The minimum atomic E-state index is 0.272. The van der Waals surface area contributed by atoms with Gasteiger partial charge in [-0.3, -0.25) is 9.89 Å². The smallest absolute Gasteiger partial charge is 0.194 e. The lowest BCUT2D eigenvalue weighted by Crippen LogP contribution is -2.48. The van der Waals surface area contributed by atoms with Crippen molar-refractivity contribution in [2.75, 3.05) is 45.9 Å². The molecule has 0 aromatic heterocycles. The van der Waals surface area contributed by atoms with Gasteiger partial charge in [-0.15, -0.1) is 0 Å². The molecule has 3 saturated heterocycles. The third-order valence-corrected chi connectivity index (χ3v) is 6.89. The molecule has 2 atom stereocenters. The van der Waals surface area contributed by atoms with Crippen molar-refractivity contribution in [3.8, 4) is 0 Å². The van der Waals surface area contributed by atoms with E-state index >= 15 is 0 Å². The fourth-order valence-electron chi connectivity index (χ4n) is 5.44. The number of nitrogens with zero attached hydrogens (tertiary/aromatic N) is 3. The summed E-state index contributed by atoms with van der Waals surface area (Å²) in [4.78, 5) is 10.1. The maximum atomic E-state index is 6.10. The van der Waals surface area contributed by atoms with Gasteiger partial charge in [0.15, 0.2) is 5.96 Å². The van der Waals surface area contributed by atoms with Gasteiger partial charge < -0.3 is 15.0 Å². The van der Waals surface area contributed by atoms with Crippen LogP contribution in [-0.4, -0.2) is 73.8 Å². The molecular weight excluding hydrogens is 312 g/mol. The van der Waals surface area contributed by atoms with E-state index in [0.717, 1.165) is 32.2 Å². The summed E-state index contributed by atoms with van der Waals surface area (Å²) in [6, 6.07) is 0.679. The molecule has 0 aromatic rings. The van der Waals surface area contributed by atoms with Gasteiger partial charge in [-0.2, -0.15) is 0 Å². The van der Waals surface area contributed by atoms with Crippen LogP contribution in [0.2, 0.25) is 0 Å². The van der Waals surface area contributed by atoms with E-state index in [0.29, 0.717) is 11.5 Å². The summed E-state index contributed by atoms with van der Waals surface area (Å²) in [5.41, 5.74) is 0.582. The zero-order valence-corrected chi connectivity index (χ0v) is 16.0. The van der Waals surface area contributed by atoms with Gasteiger partial charge in [-0.05, 0) is 51.0 Å². The highest BCUT2D eigenvalue weighted by Crippen LogP contribution is 2.43. The molecule has 142 valence electrons.